The zero-order valence-corrected chi connectivity index (χ0v) is 12.1. The van der Waals surface area contributed by atoms with Crippen LogP contribution in [0.4, 0.5) is 10.1 Å². The minimum absolute atomic E-state index is 0.189. The Labute approximate surface area is 116 Å². The molecule has 0 atom stereocenters. The van der Waals surface area contributed by atoms with E-state index in [1.54, 1.807) is 0 Å². The van der Waals surface area contributed by atoms with Crippen molar-refractivity contribution in [1.82, 2.24) is 4.90 Å². The number of hydrogen-bond donors (Lipinski definition) is 1. The molecule has 2 N–H and O–H groups in total. The van der Waals surface area contributed by atoms with Gasteiger partial charge in [0.15, 0.2) is 0 Å². The van der Waals surface area contributed by atoms with E-state index in [1.807, 2.05) is 12.1 Å². The van der Waals surface area contributed by atoms with Crippen LogP contribution in [0.2, 0.25) is 0 Å². The predicted molar refractivity (Wildman–Crippen MR) is 80.1 cm³/mol. The third-order valence-corrected chi connectivity index (χ3v) is 3.40. The van der Waals surface area contributed by atoms with Crippen LogP contribution in [0.25, 0.3) is 0 Å². The Morgan fingerprint density at radius 3 is 2.16 bits per heavy atom. The van der Waals surface area contributed by atoms with Crippen LogP contribution in [-0.4, -0.2) is 44.2 Å². The van der Waals surface area contributed by atoms with E-state index in [0.29, 0.717) is 6.54 Å². The molecule has 1 aromatic carbocycles. The van der Waals surface area contributed by atoms with Crippen LogP contribution < -0.4 is 10.6 Å². The quantitative estimate of drug-likeness (QED) is 0.745. The highest BCUT2D eigenvalue weighted by atomic mass is 19.1. The Morgan fingerprint density at radius 1 is 1.00 bits per heavy atom. The van der Waals surface area contributed by atoms with Crippen molar-refractivity contribution < 1.29 is 4.39 Å². The fourth-order valence-electron chi connectivity index (χ4n) is 2.11. The van der Waals surface area contributed by atoms with Crippen molar-refractivity contribution in [3.05, 3.63) is 30.1 Å². The van der Waals surface area contributed by atoms with E-state index < -0.39 is 0 Å². The summed E-state index contributed by atoms with van der Waals surface area (Å²) in [7, 11) is 0. The average Bonchev–Trinajstić information content (AvgIpc) is 2.44. The van der Waals surface area contributed by atoms with Gasteiger partial charge in [0, 0.05) is 25.3 Å². The molecule has 0 saturated heterocycles. The third-order valence-electron chi connectivity index (χ3n) is 3.40. The van der Waals surface area contributed by atoms with Crippen molar-refractivity contribution in [2.24, 2.45) is 5.73 Å². The lowest BCUT2D eigenvalue weighted by Crippen LogP contribution is -2.36. The first-order chi connectivity index (χ1) is 9.21. The van der Waals surface area contributed by atoms with Gasteiger partial charge in [-0.25, -0.2) is 4.39 Å². The molecule has 0 heterocycles. The van der Waals surface area contributed by atoms with E-state index in [4.69, 9.17) is 5.73 Å². The van der Waals surface area contributed by atoms with E-state index >= 15 is 0 Å². The van der Waals surface area contributed by atoms with Crippen LogP contribution in [-0.2, 0) is 0 Å². The molecule has 0 aliphatic carbocycles. The molecule has 0 fully saturated rings. The molecule has 3 nitrogen and oxygen atoms in total. The zero-order valence-electron chi connectivity index (χ0n) is 12.1. The summed E-state index contributed by atoms with van der Waals surface area (Å²) in [6, 6.07) is 6.71. The molecule has 0 radical (unpaired) electrons. The normalized spacial score (nSPS) is 11.0. The second kappa shape index (κ2) is 8.88. The SMILES string of the molecule is CCN(CC)CCN(CCCN)c1ccc(F)cc1. The molecule has 108 valence electrons. The van der Waals surface area contributed by atoms with Gasteiger partial charge in [-0.3, -0.25) is 0 Å². The van der Waals surface area contributed by atoms with Crippen LogP contribution in [0.5, 0.6) is 0 Å². The largest absolute Gasteiger partial charge is 0.370 e. The number of halogens is 1. The van der Waals surface area contributed by atoms with Gasteiger partial charge in [0.1, 0.15) is 5.82 Å². The first-order valence-electron chi connectivity index (χ1n) is 7.14. The highest BCUT2D eigenvalue weighted by Gasteiger charge is 2.08. The molecule has 0 unspecified atom stereocenters. The number of nitrogens with two attached hydrogens (primary N) is 1. The van der Waals surface area contributed by atoms with Gasteiger partial charge in [-0.2, -0.15) is 0 Å². The molecule has 4 heteroatoms. The molecule has 0 amide bonds. The molecule has 0 saturated carbocycles. The monoisotopic (exact) mass is 267 g/mol. The minimum atomic E-state index is -0.189. The molecule has 0 aliphatic heterocycles. The smallest absolute Gasteiger partial charge is 0.123 e. The summed E-state index contributed by atoms with van der Waals surface area (Å²) in [5.74, 6) is -0.189. The summed E-state index contributed by atoms with van der Waals surface area (Å²) < 4.78 is 13.0. The maximum absolute atomic E-state index is 13.0. The molecule has 1 aromatic rings. The molecular weight excluding hydrogens is 241 g/mol. The van der Waals surface area contributed by atoms with E-state index in [1.165, 1.54) is 12.1 Å². The van der Waals surface area contributed by atoms with Crippen molar-refractivity contribution in [2.45, 2.75) is 20.3 Å². The molecule has 1 rings (SSSR count). The van der Waals surface area contributed by atoms with Gasteiger partial charge in [-0.15, -0.1) is 0 Å². The van der Waals surface area contributed by atoms with Gasteiger partial charge in [0.25, 0.3) is 0 Å². The summed E-state index contributed by atoms with van der Waals surface area (Å²) in [5, 5.41) is 0. The van der Waals surface area contributed by atoms with Crippen LogP contribution >= 0.6 is 0 Å². The fourth-order valence-corrected chi connectivity index (χ4v) is 2.11. The molecule has 0 spiro atoms. The second-order valence-electron chi connectivity index (χ2n) is 4.63. The minimum Gasteiger partial charge on any atom is -0.370 e. The maximum Gasteiger partial charge on any atom is 0.123 e. The number of nitrogens with zero attached hydrogens (tertiary/aromatic N) is 2. The van der Waals surface area contributed by atoms with E-state index in [9.17, 15) is 4.39 Å². The van der Waals surface area contributed by atoms with Crippen molar-refractivity contribution in [3.63, 3.8) is 0 Å². The Bertz CT molecular complexity index is 336. The Balaban J connectivity index is 2.63. The molecule has 19 heavy (non-hydrogen) atoms. The maximum atomic E-state index is 13.0. The first-order valence-corrected chi connectivity index (χ1v) is 7.14. The van der Waals surface area contributed by atoms with Crippen LogP contribution in [0.3, 0.4) is 0 Å². The molecular formula is C15H26FN3. The topological polar surface area (TPSA) is 32.5 Å². The van der Waals surface area contributed by atoms with E-state index in [-0.39, 0.29) is 5.82 Å². The van der Waals surface area contributed by atoms with Gasteiger partial charge in [-0.05, 0) is 50.3 Å². The number of rotatable bonds is 9. The molecule has 0 aromatic heterocycles. The van der Waals surface area contributed by atoms with Gasteiger partial charge in [-0.1, -0.05) is 13.8 Å². The highest BCUT2D eigenvalue weighted by Crippen LogP contribution is 2.15. The average molecular weight is 267 g/mol. The van der Waals surface area contributed by atoms with Crippen molar-refractivity contribution in [1.29, 1.82) is 0 Å². The van der Waals surface area contributed by atoms with Crippen LogP contribution in [0, 0.1) is 5.82 Å². The Morgan fingerprint density at radius 2 is 1.63 bits per heavy atom. The number of hydrogen-bond acceptors (Lipinski definition) is 3. The molecule has 0 aliphatic rings. The summed E-state index contributed by atoms with van der Waals surface area (Å²) in [4.78, 5) is 4.67. The lowest BCUT2D eigenvalue weighted by atomic mass is 10.2. The fraction of sp³-hybridized carbons (Fsp3) is 0.600. The Hall–Kier alpha value is -1.13. The van der Waals surface area contributed by atoms with Gasteiger partial charge < -0.3 is 15.5 Å². The number of likely N-dealkylation sites (N-methyl/N-ethyl adjacent to an activating group) is 1. The summed E-state index contributed by atoms with van der Waals surface area (Å²) in [6.45, 7) is 10.0. The lowest BCUT2D eigenvalue weighted by Gasteiger charge is -2.28. The van der Waals surface area contributed by atoms with Gasteiger partial charge >= 0.3 is 0 Å². The third kappa shape index (κ3) is 5.57. The van der Waals surface area contributed by atoms with Crippen LogP contribution in [0.1, 0.15) is 20.3 Å². The summed E-state index contributed by atoms with van der Waals surface area (Å²) in [6.07, 6.45) is 0.954. The lowest BCUT2D eigenvalue weighted by molar-refractivity contribution is 0.309. The summed E-state index contributed by atoms with van der Waals surface area (Å²) >= 11 is 0. The predicted octanol–water partition coefficient (Wildman–Crippen LogP) is 2.32. The number of anilines is 1. The standard InChI is InChI=1S/C15H26FN3/c1-3-18(4-2)12-13-19(11-5-10-17)15-8-6-14(16)7-9-15/h6-9H,3-5,10-13,17H2,1-2H3. The Kier molecular flexibility index (Phi) is 7.45. The van der Waals surface area contributed by atoms with Gasteiger partial charge in [0.05, 0.1) is 0 Å². The van der Waals surface area contributed by atoms with Gasteiger partial charge in [0.2, 0.25) is 0 Å². The van der Waals surface area contributed by atoms with E-state index in [0.717, 1.165) is 44.8 Å². The first kappa shape index (κ1) is 15.9. The van der Waals surface area contributed by atoms with Crippen molar-refractivity contribution >= 4 is 5.69 Å². The zero-order chi connectivity index (χ0) is 14.1. The summed E-state index contributed by atoms with van der Waals surface area (Å²) in [5.41, 5.74) is 6.66. The van der Waals surface area contributed by atoms with Crippen molar-refractivity contribution in [3.8, 4) is 0 Å². The van der Waals surface area contributed by atoms with Crippen molar-refractivity contribution in [2.75, 3.05) is 44.2 Å². The van der Waals surface area contributed by atoms with Crippen LogP contribution in [0.15, 0.2) is 24.3 Å². The highest BCUT2D eigenvalue weighted by molar-refractivity contribution is 5.46. The second-order valence-corrected chi connectivity index (χ2v) is 4.63. The molecule has 0 bridgehead atoms. The van der Waals surface area contributed by atoms with E-state index in [2.05, 4.69) is 23.6 Å². The number of benzene rings is 1.